The van der Waals surface area contributed by atoms with Crippen LogP contribution in [0.15, 0.2) is 0 Å². The van der Waals surface area contributed by atoms with Gasteiger partial charge in [0.05, 0.1) is 5.41 Å². The molecule has 0 spiro atoms. The Morgan fingerprint density at radius 1 is 1.28 bits per heavy atom. The van der Waals surface area contributed by atoms with Gasteiger partial charge in [0, 0.05) is 18.0 Å². The number of rotatable bonds is 7. The van der Waals surface area contributed by atoms with Gasteiger partial charge in [0.1, 0.15) is 0 Å². The summed E-state index contributed by atoms with van der Waals surface area (Å²) < 4.78 is 0. The molecule has 0 radical (unpaired) electrons. The molecule has 0 aromatic rings. The molecule has 18 heavy (non-hydrogen) atoms. The molecule has 0 bridgehead atoms. The van der Waals surface area contributed by atoms with E-state index in [-0.39, 0.29) is 11.9 Å². The molecule has 1 atom stereocenters. The number of hydrogen-bond acceptors (Lipinski definition) is 3. The molecule has 0 aromatic heterocycles. The molecule has 0 aromatic carbocycles. The van der Waals surface area contributed by atoms with Crippen molar-refractivity contribution in [3.05, 3.63) is 0 Å². The smallest absolute Gasteiger partial charge is 0.311 e. The highest BCUT2D eigenvalue weighted by molar-refractivity contribution is 5.80. The molecule has 106 valence electrons. The molecule has 0 aliphatic heterocycles. The van der Waals surface area contributed by atoms with Gasteiger partial charge < -0.3 is 16.2 Å². The normalized spacial score (nSPS) is 14.1. The van der Waals surface area contributed by atoms with Crippen molar-refractivity contribution >= 4 is 11.9 Å². The van der Waals surface area contributed by atoms with E-state index in [1.165, 1.54) is 0 Å². The zero-order valence-corrected chi connectivity index (χ0v) is 12.0. The first-order chi connectivity index (χ1) is 8.00. The summed E-state index contributed by atoms with van der Waals surface area (Å²) >= 11 is 0. The van der Waals surface area contributed by atoms with Crippen LogP contribution in [0, 0.1) is 5.41 Å². The zero-order chi connectivity index (χ0) is 14.6. The van der Waals surface area contributed by atoms with Crippen LogP contribution in [0.2, 0.25) is 0 Å². The predicted octanol–water partition coefficient (Wildman–Crippen LogP) is 1.51. The highest BCUT2D eigenvalue weighted by atomic mass is 16.4. The maximum atomic E-state index is 11.8. The molecule has 0 aliphatic carbocycles. The van der Waals surface area contributed by atoms with Gasteiger partial charge in [-0.1, -0.05) is 0 Å². The summed E-state index contributed by atoms with van der Waals surface area (Å²) in [6.07, 6.45) is 1.88. The molecule has 0 heterocycles. The Balaban J connectivity index is 4.41. The van der Waals surface area contributed by atoms with Gasteiger partial charge in [-0.3, -0.25) is 9.59 Å². The van der Waals surface area contributed by atoms with Crippen LogP contribution in [0.1, 0.15) is 53.9 Å². The van der Waals surface area contributed by atoms with E-state index >= 15 is 0 Å². The molecule has 1 amide bonds. The molecule has 0 fully saturated rings. The predicted molar refractivity (Wildman–Crippen MR) is 71.1 cm³/mol. The second kappa shape index (κ2) is 6.18. The van der Waals surface area contributed by atoms with Gasteiger partial charge in [0.25, 0.3) is 0 Å². The van der Waals surface area contributed by atoms with Crippen molar-refractivity contribution in [3.63, 3.8) is 0 Å². The van der Waals surface area contributed by atoms with Crippen molar-refractivity contribution in [2.45, 2.75) is 65.5 Å². The summed E-state index contributed by atoms with van der Waals surface area (Å²) in [7, 11) is 0. The Bertz CT molecular complexity index is 309. The molecule has 0 saturated heterocycles. The minimum Gasteiger partial charge on any atom is -0.481 e. The van der Waals surface area contributed by atoms with E-state index in [0.29, 0.717) is 12.8 Å². The standard InChI is InChI=1S/C13H26N2O3/c1-9(14)7-6-8-10(16)15-13(4,5)12(2,3)11(17)18/h9H,6-8,14H2,1-5H3,(H,15,16)(H,17,18). The van der Waals surface area contributed by atoms with Crippen molar-refractivity contribution in [2.24, 2.45) is 11.1 Å². The minimum absolute atomic E-state index is 0.0845. The van der Waals surface area contributed by atoms with Crippen LogP contribution >= 0.6 is 0 Å². The fraction of sp³-hybridized carbons (Fsp3) is 0.846. The number of hydrogen-bond donors (Lipinski definition) is 3. The summed E-state index contributed by atoms with van der Waals surface area (Å²) in [5.74, 6) is -1.06. The average Bonchev–Trinajstić information content (AvgIpc) is 2.15. The maximum absolute atomic E-state index is 11.8. The minimum atomic E-state index is -1.02. The van der Waals surface area contributed by atoms with Crippen LogP contribution in [0.5, 0.6) is 0 Å². The van der Waals surface area contributed by atoms with Crippen LogP contribution < -0.4 is 11.1 Å². The lowest BCUT2D eigenvalue weighted by molar-refractivity contribution is -0.151. The lowest BCUT2D eigenvalue weighted by atomic mass is 9.74. The Morgan fingerprint density at radius 3 is 2.17 bits per heavy atom. The van der Waals surface area contributed by atoms with E-state index in [9.17, 15) is 14.7 Å². The third kappa shape index (κ3) is 4.64. The van der Waals surface area contributed by atoms with E-state index in [4.69, 9.17) is 5.73 Å². The first-order valence-corrected chi connectivity index (χ1v) is 6.30. The van der Waals surface area contributed by atoms with E-state index in [1.807, 2.05) is 6.92 Å². The Kier molecular flexibility index (Phi) is 5.80. The number of amides is 1. The number of carbonyl (C=O) groups is 2. The summed E-state index contributed by atoms with van der Waals surface area (Å²) in [6.45, 7) is 8.57. The quantitative estimate of drug-likeness (QED) is 0.645. The van der Waals surface area contributed by atoms with Gasteiger partial charge in [-0.05, 0) is 47.5 Å². The van der Waals surface area contributed by atoms with Crippen LogP contribution in [0.3, 0.4) is 0 Å². The van der Waals surface area contributed by atoms with Gasteiger partial charge in [0.2, 0.25) is 5.91 Å². The Morgan fingerprint density at radius 2 is 1.78 bits per heavy atom. The third-order valence-electron chi connectivity index (χ3n) is 3.61. The highest BCUT2D eigenvalue weighted by Gasteiger charge is 2.44. The topological polar surface area (TPSA) is 92.4 Å². The van der Waals surface area contributed by atoms with E-state index in [1.54, 1.807) is 27.7 Å². The number of carboxylic acids is 1. The Hall–Kier alpha value is -1.10. The van der Waals surface area contributed by atoms with Crippen LogP contribution in [-0.4, -0.2) is 28.6 Å². The second-order valence-corrected chi connectivity index (χ2v) is 5.97. The molecule has 5 heteroatoms. The SMILES string of the molecule is CC(N)CCCC(=O)NC(C)(C)C(C)(C)C(=O)O. The number of nitrogens with two attached hydrogens (primary N) is 1. The average molecular weight is 258 g/mol. The molecular formula is C13H26N2O3. The van der Waals surface area contributed by atoms with Crippen molar-refractivity contribution in [2.75, 3.05) is 0 Å². The highest BCUT2D eigenvalue weighted by Crippen LogP contribution is 2.30. The van der Waals surface area contributed by atoms with Gasteiger partial charge in [-0.2, -0.15) is 0 Å². The summed E-state index contributed by atoms with van der Waals surface area (Å²) in [5.41, 5.74) is 3.78. The number of carboxylic acid groups (broad SMARTS) is 1. The van der Waals surface area contributed by atoms with Crippen LogP contribution in [-0.2, 0) is 9.59 Å². The molecular weight excluding hydrogens is 232 g/mol. The Labute approximate surface area is 109 Å². The van der Waals surface area contributed by atoms with Crippen molar-refractivity contribution < 1.29 is 14.7 Å². The number of aliphatic carboxylic acids is 1. The molecule has 5 nitrogen and oxygen atoms in total. The lowest BCUT2D eigenvalue weighted by Gasteiger charge is -2.38. The van der Waals surface area contributed by atoms with Gasteiger partial charge in [-0.25, -0.2) is 0 Å². The molecule has 0 saturated carbocycles. The summed E-state index contributed by atoms with van der Waals surface area (Å²) in [6, 6.07) is 0.0845. The van der Waals surface area contributed by atoms with Gasteiger partial charge >= 0.3 is 5.97 Å². The first-order valence-electron chi connectivity index (χ1n) is 6.30. The van der Waals surface area contributed by atoms with Gasteiger partial charge in [0.15, 0.2) is 0 Å². The molecule has 4 N–H and O–H groups in total. The van der Waals surface area contributed by atoms with Crippen molar-refractivity contribution in [3.8, 4) is 0 Å². The van der Waals surface area contributed by atoms with Crippen molar-refractivity contribution in [1.82, 2.24) is 5.32 Å². The van der Waals surface area contributed by atoms with E-state index < -0.39 is 16.9 Å². The summed E-state index contributed by atoms with van der Waals surface area (Å²) in [5, 5.41) is 12.0. The number of carbonyl (C=O) groups excluding carboxylic acids is 1. The van der Waals surface area contributed by atoms with Crippen LogP contribution in [0.25, 0.3) is 0 Å². The van der Waals surface area contributed by atoms with E-state index in [2.05, 4.69) is 5.32 Å². The zero-order valence-electron chi connectivity index (χ0n) is 12.0. The van der Waals surface area contributed by atoms with E-state index in [0.717, 1.165) is 6.42 Å². The first kappa shape index (κ1) is 16.9. The lowest BCUT2D eigenvalue weighted by Crippen LogP contribution is -2.56. The molecule has 0 aliphatic rings. The molecule has 0 rings (SSSR count). The van der Waals surface area contributed by atoms with Crippen LogP contribution in [0.4, 0.5) is 0 Å². The fourth-order valence-corrected chi connectivity index (χ4v) is 1.42. The van der Waals surface area contributed by atoms with Crippen molar-refractivity contribution in [1.29, 1.82) is 0 Å². The third-order valence-corrected chi connectivity index (χ3v) is 3.61. The fourth-order valence-electron chi connectivity index (χ4n) is 1.42. The monoisotopic (exact) mass is 258 g/mol. The maximum Gasteiger partial charge on any atom is 0.311 e. The summed E-state index contributed by atoms with van der Waals surface area (Å²) in [4.78, 5) is 22.9. The number of nitrogens with one attached hydrogen (secondary N) is 1. The molecule has 1 unspecified atom stereocenters. The largest absolute Gasteiger partial charge is 0.481 e. The second-order valence-electron chi connectivity index (χ2n) is 5.97. The van der Waals surface area contributed by atoms with Gasteiger partial charge in [-0.15, -0.1) is 0 Å².